The largest absolute Gasteiger partial charge is 0.465 e. The second-order valence-corrected chi connectivity index (χ2v) is 14.5. The zero-order valence-electron chi connectivity index (χ0n) is 35.5. The van der Waals surface area contributed by atoms with Crippen LogP contribution < -0.4 is 0 Å². The number of hydrogen-bond donors (Lipinski definition) is 0. The fourth-order valence-corrected chi connectivity index (χ4v) is 5.16. The predicted octanol–water partition coefficient (Wildman–Crippen LogP) is 2.83. The topological polar surface area (TPSA) is 138 Å². The third kappa shape index (κ3) is 31.3. The minimum absolute atomic E-state index is 0.0523. The van der Waals surface area contributed by atoms with Gasteiger partial charge in [-0.15, -0.1) is 0 Å². The van der Waals surface area contributed by atoms with Gasteiger partial charge in [0.05, 0.1) is 44.0 Å². The fourth-order valence-electron chi connectivity index (χ4n) is 5.16. The Kier molecular flexibility index (Phi) is 33.1. The molecule has 0 aromatic rings. The van der Waals surface area contributed by atoms with Crippen LogP contribution in [0.5, 0.6) is 0 Å². The second-order valence-electron chi connectivity index (χ2n) is 14.5. The molecular formula is C39H78N4O11. The molecule has 1 unspecified atom stereocenters. The number of carbonyl (C=O) groups is 3. The Morgan fingerprint density at radius 2 is 0.889 bits per heavy atom. The van der Waals surface area contributed by atoms with Crippen molar-refractivity contribution in [2.24, 2.45) is 5.41 Å². The molecule has 0 aliphatic rings. The molecule has 54 heavy (non-hydrogen) atoms. The molecule has 0 fully saturated rings. The van der Waals surface area contributed by atoms with Gasteiger partial charge >= 0.3 is 17.9 Å². The van der Waals surface area contributed by atoms with Crippen molar-refractivity contribution in [2.45, 2.75) is 71.8 Å². The number of nitrogens with zero attached hydrogens (tertiary/aromatic N) is 4. The Morgan fingerprint density at radius 3 is 1.28 bits per heavy atom. The Hall–Kier alpha value is -1.95. The van der Waals surface area contributed by atoms with Crippen molar-refractivity contribution in [3.8, 4) is 0 Å². The molecular weight excluding hydrogens is 700 g/mol. The maximum atomic E-state index is 13.0. The van der Waals surface area contributed by atoms with Crippen LogP contribution in [0, 0.1) is 5.41 Å². The van der Waals surface area contributed by atoms with E-state index in [2.05, 4.69) is 14.7 Å². The molecule has 0 rings (SSSR count). The normalized spacial score (nSPS) is 13.0. The van der Waals surface area contributed by atoms with Crippen LogP contribution in [0.2, 0.25) is 0 Å². The molecule has 15 heteroatoms. The van der Waals surface area contributed by atoms with Crippen molar-refractivity contribution in [3.05, 3.63) is 0 Å². The van der Waals surface area contributed by atoms with Crippen LogP contribution in [0.15, 0.2) is 0 Å². The Balaban J connectivity index is 5.68. The van der Waals surface area contributed by atoms with Gasteiger partial charge in [-0.05, 0) is 74.6 Å². The molecule has 0 radical (unpaired) electrons. The highest BCUT2D eigenvalue weighted by atomic mass is 16.6. The van der Waals surface area contributed by atoms with E-state index in [-0.39, 0.29) is 51.8 Å². The van der Waals surface area contributed by atoms with Gasteiger partial charge in [0.2, 0.25) is 0 Å². The summed E-state index contributed by atoms with van der Waals surface area (Å²) in [5, 5.41) is 0. The molecule has 0 aromatic carbocycles. The molecule has 15 nitrogen and oxygen atoms in total. The second kappa shape index (κ2) is 34.3. The summed E-state index contributed by atoms with van der Waals surface area (Å²) in [6, 6.07) is 0. The van der Waals surface area contributed by atoms with E-state index in [1.165, 1.54) is 0 Å². The molecule has 0 aliphatic carbocycles. The number of rotatable bonds is 38. The average Bonchev–Trinajstić information content (AvgIpc) is 3.14. The van der Waals surface area contributed by atoms with E-state index < -0.39 is 23.3 Å². The van der Waals surface area contributed by atoms with Crippen LogP contribution in [0.1, 0.15) is 65.7 Å². The number of esters is 3. The lowest BCUT2D eigenvalue weighted by Crippen LogP contribution is -2.44. The van der Waals surface area contributed by atoms with Gasteiger partial charge in [0.15, 0.2) is 0 Å². The first-order valence-corrected chi connectivity index (χ1v) is 19.8. The molecule has 0 bridgehead atoms. The summed E-state index contributed by atoms with van der Waals surface area (Å²) in [4.78, 5) is 47.4. The Morgan fingerprint density at radius 1 is 0.500 bits per heavy atom. The van der Waals surface area contributed by atoms with Gasteiger partial charge in [0.25, 0.3) is 0 Å². The lowest BCUT2D eigenvalue weighted by Gasteiger charge is -2.32. The Bertz CT molecular complexity index is 933. The van der Waals surface area contributed by atoms with Crippen molar-refractivity contribution in [1.82, 2.24) is 19.6 Å². The van der Waals surface area contributed by atoms with Crippen molar-refractivity contribution in [1.29, 1.82) is 0 Å². The van der Waals surface area contributed by atoms with Crippen molar-refractivity contribution in [2.75, 3.05) is 161 Å². The SMILES string of the molecule is CCOCCCN(C)CCC(=O)OCC(COCCN(C)CCCOC)(COC(=O)CCN(C)CCCOC)COC(=O)CCN(C)CCCOC(C)C. The first kappa shape index (κ1) is 52.0. The number of methoxy groups -OCH3 is 2. The van der Waals surface area contributed by atoms with Gasteiger partial charge in [-0.2, -0.15) is 0 Å². The van der Waals surface area contributed by atoms with Crippen LogP contribution in [0.4, 0.5) is 0 Å². The van der Waals surface area contributed by atoms with E-state index in [0.717, 1.165) is 51.9 Å². The van der Waals surface area contributed by atoms with Gasteiger partial charge in [0.1, 0.15) is 19.8 Å². The summed E-state index contributed by atoms with van der Waals surface area (Å²) in [6.45, 7) is 14.7. The summed E-state index contributed by atoms with van der Waals surface area (Å²) in [7, 11) is 11.2. The van der Waals surface area contributed by atoms with E-state index in [1.54, 1.807) is 14.2 Å². The first-order chi connectivity index (χ1) is 25.9. The van der Waals surface area contributed by atoms with Crippen LogP contribution in [-0.4, -0.2) is 204 Å². The minimum atomic E-state index is -1.11. The zero-order valence-corrected chi connectivity index (χ0v) is 35.5. The first-order valence-electron chi connectivity index (χ1n) is 19.8. The molecule has 0 aromatic heterocycles. The maximum Gasteiger partial charge on any atom is 0.307 e. The monoisotopic (exact) mass is 779 g/mol. The number of ether oxygens (including phenoxy) is 8. The molecule has 0 amide bonds. The van der Waals surface area contributed by atoms with Crippen LogP contribution in [-0.2, 0) is 52.3 Å². The van der Waals surface area contributed by atoms with Gasteiger partial charge in [-0.25, -0.2) is 0 Å². The van der Waals surface area contributed by atoms with Crippen molar-refractivity contribution in [3.63, 3.8) is 0 Å². The summed E-state index contributed by atoms with van der Waals surface area (Å²) in [6.07, 6.45) is 4.18. The van der Waals surface area contributed by atoms with E-state index in [0.29, 0.717) is 65.8 Å². The number of likely N-dealkylation sites (N-methyl/N-ethyl adjacent to an activating group) is 1. The van der Waals surface area contributed by atoms with E-state index in [4.69, 9.17) is 37.9 Å². The molecule has 1 atom stereocenters. The fraction of sp³-hybridized carbons (Fsp3) is 0.923. The average molecular weight is 779 g/mol. The van der Waals surface area contributed by atoms with Crippen LogP contribution in [0.3, 0.4) is 0 Å². The summed E-state index contributed by atoms with van der Waals surface area (Å²) in [5.74, 6) is -1.19. The predicted molar refractivity (Wildman–Crippen MR) is 210 cm³/mol. The van der Waals surface area contributed by atoms with Gasteiger partial charge in [-0.3, -0.25) is 14.4 Å². The van der Waals surface area contributed by atoms with Gasteiger partial charge in [-0.1, -0.05) is 0 Å². The standard InChI is InChI=1S/C39H78N4O11/c1-10-49-28-13-20-41(5)23-16-37(45)53-33-39(31-50-30-25-43(7)19-12-27-48-9,32-52-36(44)15-22-40(4)18-11-26-47-8)34-54-38(46)17-24-42(6)21-14-29-51-35(2)3/h35H,10-34H2,1-9H3. The molecule has 0 N–H and O–H groups in total. The van der Waals surface area contributed by atoms with E-state index in [9.17, 15) is 14.4 Å². The third-order valence-electron chi connectivity index (χ3n) is 8.68. The van der Waals surface area contributed by atoms with Crippen LogP contribution in [0.25, 0.3) is 0 Å². The zero-order chi connectivity index (χ0) is 40.5. The van der Waals surface area contributed by atoms with Crippen molar-refractivity contribution < 1.29 is 52.3 Å². The summed E-state index contributed by atoms with van der Waals surface area (Å²) in [5.41, 5.74) is -1.11. The molecule has 0 aliphatic heterocycles. The van der Waals surface area contributed by atoms with Crippen LogP contribution >= 0.6 is 0 Å². The van der Waals surface area contributed by atoms with Gasteiger partial charge < -0.3 is 57.5 Å². The highest BCUT2D eigenvalue weighted by molar-refractivity contribution is 5.70. The summed E-state index contributed by atoms with van der Waals surface area (Å²) < 4.78 is 44.9. The lowest BCUT2D eigenvalue weighted by atomic mass is 9.92. The third-order valence-corrected chi connectivity index (χ3v) is 8.68. The minimum Gasteiger partial charge on any atom is -0.465 e. The number of carbonyl (C=O) groups excluding carboxylic acids is 3. The van der Waals surface area contributed by atoms with Crippen molar-refractivity contribution >= 4 is 17.9 Å². The summed E-state index contributed by atoms with van der Waals surface area (Å²) >= 11 is 0. The quantitative estimate of drug-likeness (QED) is 0.0516. The molecule has 0 saturated heterocycles. The van der Waals surface area contributed by atoms with Gasteiger partial charge in [0, 0.05) is 99.6 Å². The highest BCUT2D eigenvalue weighted by Crippen LogP contribution is 2.22. The molecule has 320 valence electrons. The number of hydrogen-bond acceptors (Lipinski definition) is 15. The molecule has 0 heterocycles. The lowest BCUT2D eigenvalue weighted by molar-refractivity contribution is -0.167. The smallest absolute Gasteiger partial charge is 0.307 e. The molecule has 0 spiro atoms. The highest BCUT2D eigenvalue weighted by Gasteiger charge is 2.37. The van der Waals surface area contributed by atoms with E-state index >= 15 is 0 Å². The maximum absolute atomic E-state index is 13.0. The molecule has 0 saturated carbocycles. The van der Waals surface area contributed by atoms with E-state index in [1.807, 2.05) is 53.9 Å². The Labute approximate surface area is 327 Å².